The predicted molar refractivity (Wildman–Crippen MR) is 133 cm³/mol. The first-order chi connectivity index (χ1) is 17.4. The summed E-state index contributed by atoms with van der Waals surface area (Å²) in [6.07, 6.45) is 7.50. The van der Waals surface area contributed by atoms with Crippen LogP contribution in [0.2, 0.25) is 0 Å². The molecule has 196 valence electrons. The van der Waals surface area contributed by atoms with Crippen LogP contribution in [0.4, 0.5) is 4.79 Å². The maximum absolute atomic E-state index is 13.7. The summed E-state index contributed by atoms with van der Waals surface area (Å²) in [6, 6.07) is 6.42. The lowest BCUT2D eigenvalue weighted by molar-refractivity contribution is -0.149. The fraction of sp³-hybridized carbons (Fsp3) is 0.593. The minimum absolute atomic E-state index is 0.0752. The molecule has 1 aromatic rings. The Kier molecular flexibility index (Phi) is 8.18. The number of urea groups is 1. The number of hydrogen-bond donors (Lipinski definition) is 2. The number of esters is 1. The fourth-order valence-electron chi connectivity index (χ4n) is 5.16. The van der Waals surface area contributed by atoms with Crippen molar-refractivity contribution in [1.29, 1.82) is 0 Å². The van der Waals surface area contributed by atoms with E-state index >= 15 is 0 Å². The van der Waals surface area contributed by atoms with Gasteiger partial charge in [-0.05, 0) is 50.3 Å². The minimum Gasteiger partial charge on any atom is -0.497 e. The number of benzene rings is 1. The van der Waals surface area contributed by atoms with E-state index in [9.17, 15) is 19.5 Å². The van der Waals surface area contributed by atoms with E-state index in [0.29, 0.717) is 19.5 Å². The number of aliphatic hydroxyl groups excluding tert-OH is 1. The summed E-state index contributed by atoms with van der Waals surface area (Å²) in [4.78, 5) is 43.2. The highest BCUT2D eigenvalue weighted by atomic mass is 16.5. The molecule has 36 heavy (non-hydrogen) atoms. The zero-order chi connectivity index (χ0) is 25.7. The van der Waals surface area contributed by atoms with Gasteiger partial charge < -0.3 is 29.7 Å². The van der Waals surface area contributed by atoms with Crippen molar-refractivity contribution in [3.8, 4) is 5.75 Å². The normalized spacial score (nSPS) is 28.9. The minimum atomic E-state index is -1.10. The molecule has 1 saturated carbocycles. The van der Waals surface area contributed by atoms with Gasteiger partial charge in [0.25, 0.3) is 0 Å². The summed E-state index contributed by atoms with van der Waals surface area (Å²) in [5.74, 6) is -0.269. The van der Waals surface area contributed by atoms with Crippen molar-refractivity contribution in [3.05, 3.63) is 42.0 Å². The Morgan fingerprint density at radius 1 is 1.19 bits per heavy atom. The van der Waals surface area contributed by atoms with E-state index in [1.165, 1.54) is 4.90 Å². The number of hydrogen-bond acceptors (Lipinski definition) is 6. The van der Waals surface area contributed by atoms with Gasteiger partial charge in [-0.3, -0.25) is 4.79 Å². The van der Waals surface area contributed by atoms with Crippen LogP contribution in [0.1, 0.15) is 51.0 Å². The first-order valence-corrected chi connectivity index (χ1v) is 12.9. The molecule has 0 spiro atoms. The molecule has 0 radical (unpaired) electrons. The monoisotopic (exact) mass is 499 g/mol. The van der Waals surface area contributed by atoms with Crippen LogP contribution in [0.25, 0.3) is 0 Å². The van der Waals surface area contributed by atoms with Crippen molar-refractivity contribution in [1.82, 2.24) is 15.1 Å². The van der Waals surface area contributed by atoms with Crippen molar-refractivity contribution in [2.75, 3.05) is 26.8 Å². The van der Waals surface area contributed by atoms with Crippen LogP contribution < -0.4 is 10.1 Å². The smallest absolute Gasteiger partial charge is 0.332 e. The Morgan fingerprint density at radius 2 is 1.97 bits per heavy atom. The molecular formula is C27H37N3O6. The molecule has 2 fully saturated rings. The van der Waals surface area contributed by atoms with Gasteiger partial charge in [0.1, 0.15) is 17.3 Å². The number of methoxy groups -OCH3 is 1. The van der Waals surface area contributed by atoms with Gasteiger partial charge in [-0.2, -0.15) is 0 Å². The second-order valence-corrected chi connectivity index (χ2v) is 9.88. The van der Waals surface area contributed by atoms with Crippen LogP contribution in [-0.2, 0) is 20.9 Å². The van der Waals surface area contributed by atoms with E-state index in [1.54, 1.807) is 18.9 Å². The molecule has 9 nitrogen and oxygen atoms in total. The number of carbonyl (C=O) groups excluding carboxylic acids is 3. The Morgan fingerprint density at radius 3 is 2.69 bits per heavy atom. The number of allylic oxidation sites excluding steroid dienone is 1. The lowest BCUT2D eigenvalue weighted by Crippen LogP contribution is -2.55. The number of aliphatic hydroxyl groups is 1. The van der Waals surface area contributed by atoms with Crippen LogP contribution in [0.3, 0.4) is 0 Å². The van der Waals surface area contributed by atoms with Gasteiger partial charge in [0, 0.05) is 32.0 Å². The van der Waals surface area contributed by atoms with Crippen LogP contribution >= 0.6 is 0 Å². The summed E-state index contributed by atoms with van der Waals surface area (Å²) in [7, 11) is 1.61. The molecule has 0 aromatic heterocycles. The van der Waals surface area contributed by atoms with Gasteiger partial charge in [0.15, 0.2) is 0 Å². The lowest BCUT2D eigenvalue weighted by Gasteiger charge is -2.32. The van der Waals surface area contributed by atoms with Gasteiger partial charge in [0.2, 0.25) is 5.91 Å². The molecule has 4 atom stereocenters. The van der Waals surface area contributed by atoms with Crippen LogP contribution in [0.15, 0.2) is 36.4 Å². The average Bonchev–Trinajstić information content (AvgIpc) is 3.42. The molecule has 2 aliphatic heterocycles. The van der Waals surface area contributed by atoms with Crippen molar-refractivity contribution in [2.24, 2.45) is 5.92 Å². The lowest BCUT2D eigenvalue weighted by atomic mass is 10.1. The van der Waals surface area contributed by atoms with Gasteiger partial charge in [-0.25, -0.2) is 9.59 Å². The zero-order valence-electron chi connectivity index (χ0n) is 21.2. The van der Waals surface area contributed by atoms with E-state index in [4.69, 9.17) is 9.47 Å². The van der Waals surface area contributed by atoms with E-state index in [-0.39, 0.29) is 31.5 Å². The SMILES string of the molecule is CCOC(=O)C12CC1C=CCCCCCN(Cc1ccc(OC)cc1)C(=O)N1CC(O)CC1C(=O)N2. The Labute approximate surface area is 212 Å². The van der Waals surface area contributed by atoms with Crippen LogP contribution in [0, 0.1) is 5.92 Å². The third-order valence-corrected chi connectivity index (χ3v) is 7.30. The molecule has 4 rings (SSSR count). The Hall–Kier alpha value is -3.07. The summed E-state index contributed by atoms with van der Waals surface area (Å²) < 4.78 is 10.5. The van der Waals surface area contributed by atoms with Crippen LogP contribution in [-0.4, -0.2) is 77.3 Å². The topological polar surface area (TPSA) is 108 Å². The van der Waals surface area contributed by atoms with Gasteiger partial charge in [-0.15, -0.1) is 0 Å². The predicted octanol–water partition coefficient (Wildman–Crippen LogP) is 2.62. The number of carbonyl (C=O) groups is 3. The zero-order valence-corrected chi connectivity index (χ0v) is 21.2. The number of fused-ring (bicyclic) bond motifs is 2. The average molecular weight is 500 g/mol. The summed E-state index contributed by atoms with van der Waals surface area (Å²) >= 11 is 0. The maximum Gasteiger partial charge on any atom is 0.332 e. The van der Waals surface area contributed by atoms with E-state index in [1.807, 2.05) is 30.3 Å². The third kappa shape index (κ3) is 5.67. The van der Waals surface area contributed by atoms with E-state index in [0.717, 1.165) is 37.0 Å². The molecule has 1 saturated heterocycles. The molecule has 2 N–H and O–H groups in total. The largest absolute Gasteiger partial charge is 0.497 e. The molecular weight excluding hydrogens is 462 g/mol. The number of nitrogens with one attached hydrogen (secondary N) is 1. The van der Waals surface area contributed by atoms with Gasteiger partial charge >= 0.3 is 12.0 Å². The molecule has 0 bridgehead atoms. The van der Waals surface area contributed by atoms with Gasteiger partial charge in [-0.1, -0.05) is 30.7 Å². The van der Waals surface area contributed by atoms with Crippen LogP contribution in [0.5, 0.6) is 5.75 Å². The number of nitrogens with zero attached hydrogens (tertiary/aromatic N) is 2. The quantitative estimate of drug-likeness (QED) is 0.476. The number of amides is 3. The van der Waals surface area contributed by atoms with Crippen molar-refractivity contribution < 1.29 is 29.0 Å². The number of ether oxygens (including phenoxy) is 2. The standard InChI is InChI=1S/C27H37N3O6/c1-3-36-25(33)27-16-20(27)9-7-5-4-6-8-14-29(17-19-10-12-22(35-2)13-11-19)26(34)30-18-21(31)15-23(30)24(32)28-27/h7,9-13,20-21,23,31H,3-6,8,14-18H2,1-2H3,(H,28,32). The van der Waals surface area contributed by atoms with E-state index < -0.39 is 29.6 Å². The highest BCUT2D eigenvalue weighted by molar-refractivity contribution is 5.95. The Bertz CT molecular complexity index is 980. The maximum atomic E-state index is 13.7. The molecule has 3 amide bonds. The fourth-order valence-corrected chi connectivity index (χ4v) is 5.16. The summed E-state index contributed by atoms with van der Waals surface area (Å²) in [5, 5.41) is 13.3. The van der Waals surface area contributed by atoms with Gasteiger partial charge in [0.05, 0.1) is 19.8 Å². The Balaban J connectivity index is 1.58. The highest BCUT2D eigenvalue weighted by Crippen LogP contribution is 2.46. The van der Waals surface area contributed by atoms with Crippen molar-refractivity contribution >= 4 is 17.9 Å². The first kappa shape index (κ1) is 26.0. The molecule has 1 aromatic carbocycles. The van der Waals surface area contributed by atoms with Crippen molar-refractivity contribution in [3.63, 3.8) is 0 Å². The molecule has 4 unspecified atom stereocenters. The molecule has 3 aliphatic rings. The second kappa shape index (κ2) is 11.3. The summed E-state index contributed by atoms with van der Waals surface area (Å²) in [6.45, 7) is 2.97. The third-order valence-electron chi connectivity index (χ3n) is 7.30. The van der Waals surface area contributed by atoms with E-state index in [2.05, 4.69) is 11.4 Å². The molecule has 9 heteroatoms. The second-order valence-electron chi connectivity index (χ2n) is 9.88. The summed E-state index contributed by atoms with van der Waals surface area (Å²) in [5.41, 5.74) is -0.151. The van der Waals surface area contributed by atoms with Crippen molar-refractivity contribution in [2.45, 2.75) is 69.7 Å². The molecule has 1 aliphatic carbocycles. The molecule has 2 heterocycles. The first-order valence-electron chi connectivity index (χ1n) is 12.9. The number of rotatable bonds is 5. The highest BCUT2D eigenvalue weighted by Gasteiger charge is 2.62.